The van der Waals surface area contributed by atoms with Gasteiger partial charge in [0, 0.05) is 83.6 Å². The molecule has 1 atom stereocenters. The molecule has 9 nitrogen and oxygen atoms in total. The maximum absolute atomic E-state index is 11.7. The number of unbranched alkanes of at least 4 members (excludes halogenated alkanes) is 2. The topological polar surface area (TPSA) is 80.4 Å². The van der Waals surface area contributed by atoms with E-state index < -0.39 is 0 Å². The number of carbonyl (C=O) groups is 2. The van der Waals surface area contributed by atoms with E-state index in [9.17, 15) is 9.59 Å². The second-order valence-electron chi connectivity index (χ2n) is 14.6. The minimum Gasteiger partial charge on any atom is -0.385 e. The van der Waals surface area contributed by atoms with E-state index in [0.717, 1.165) is 70.7 Å². The lowest BCUT2D eigenvalue weighted by atomic mass is 10.1. The van der Waals surface area contributed by atoms with Crippen LogP contribution in [-0.2, 0) is 14.3 Å². The van der Waals surface area contributed by atoms with Gasteiger partial charge >= 0.3 is 0 Å². The van der Waals surface area contributed by atoms with Gasteiger partial charge in [-0.25, -0.2) is 0 Å². The molecule has 0 aromatic carbocycles. The Morgan fingerprint density at radius 2 is 1.21 bits per heavy atom. The minimum absolute atomic E-state index is 0.0927. The van der Waals surface area contributed by atoms with Gasteiger partial charge in [-0.3, -0.25) is 14.5 Å². The molecule has 280 valence electrons. The second-order valence-corrected chi connectivity index (χ2v) is 14.6. The summed E-state index contributed by atoms with van der Waals surface area (Å²) in [6.45, 7) is 33.0. The lowest BCUT2D eigenvalue weighted by molar-refractivity contribution is -0.124. The Bertz CT molecular complexity index is 719. The third-order valence-corrected chi connectivity index (χ3v) is 8.99. The first-order valence-electron chi connectivity index (χ1n) is 19.5. The molecule has 0 bridgehead atoms. The highest BCUT2D eigenvalue weighted by molar-refractivity contribution is 5.78. The average Bonchev–Trinajstić information content (AvgIpc) is 3.28. The molecule has 2 amide bonds. The number of piperidine rings is 1. The highest BCUT2D eigenvalue weighted by atomic mass is 16.5. The summed E-state index contributed by atoms with van der Waals surface area (Å²) in [5.74, 6) is 1.12. The minimum atomic E-state index is 0.0927. The summed E-state index contributed by atoms with van der Waals surface area (Å²) in [6.07, 6.45) is 11.4. The normalized spacial score (nSPS) is 20.3. The van der Waals surface area contributed by atoms with E-state index in [1.54, 1.807) is 7.11 Å². The van der Waals surface area contributed by atoms with E-state index in [0.29, 0.717) is 18.1 Å². The number of hydrogen-bond acceptors (Lipinski definition) is 7. The molecule has 3 aliphatic rings. The summed E-state index contributed by atoms with van der Waals surface area (Å²) in [6, 6.07) is 1.47. The Morgan fingerprint density at radius 1 is 0.702 bits per heavy atom. The Kier molecular flexibility index (Phi) is 28.8. The number of hydrogen-bond donors (Lipinski definition) is 2. The zero-order valence-electron chi connectivity index (χ0n) is 32.8. The number of amides is 2. The Morgan fingerprint density at radius 3 is 1.72 bits per heavy atom. The molecule has 3 rings (SSSR count). The fraction of sp³-hybridized carbons (Fsp3) is 0.947. The van der Waals surface area contributed by atoms with Gasteiger partial charge in [-0.2, -0.15) is 0 Å². The summed E-state index contributed by atoms with van der Waals surface area (Å²) in [7, 11) is 1.76. The number of carbonyl (C=O) groups excluding carboxylic acids is 2. The van der Waals surface area contributed by atoms with Gasteiger partial charge in [-0.05, 0) is 104 Å². The Labute approximate surface area is 292 Å². The lowest BCUT2D eigenvalue weighted by Gasteiger charge is -2.37. The fourth-order valence-electron chi connectivity index (χ4n) is 6.09. The van der Waals surface area contributed by atoms with Gasteiger partial charge in [0.1, 0.15) is 0 Å². The van der Waals surface area contributed by atoms with Crippen LogP contribution in [0.15, 0.2) is 0 Å². The molecule has 47 heavy (non-hydrogen) atoms. The van der Waals surface area contributed by atoms with Gasteiger partial charge in [0.2, 0.25) is 12.3 Å². The molecule has 9 heteroatoms. The largest absolute Gasteiger partial charge is 0.385 e. The van der Waals surface area contributed by atoms with Gasteiger partial charge in [0.25, 0.3) is 0 Å². The Balaban J connectivity index is 0.000000772. The first-order chi connectivity index (χ1) is 22.5. The van der Waals surface area contributed by atoms with Crippen molar-refractivity contribution in [3.05, 3.63) is 0 Å². The first-order valence-corrected chi connectivity index (χ1v) is 19.5. The van der Waals surface area contributed by atoms with Crippen molar-refractivity contribution in [2.45, 2.75) is 138 Å². The zero-order valence-corrected chi connectivity index (χ0v) is 32.8. The van der Waals surface area contributed by atoms with Crippen LogP contribution in [-0.4, -0.2) is 136 Å². The van der Waals surface area contributed by atoms with E-state index in [1.807, 2.05) is 27.7 Å². The number of methoxy groups -OCH3 is 1. The molecular formula is C38H80N6O3. The molecule has 0 spiro atoms. The summed E-state index contributed by atoms with van der Waals surface area (Å²) in [5, 5.41) is 6.09. The molecule has 3 heterocycles. The smallest absolute Gasteiger partial charge is 0.222 e. The molecule has 3 aliphatic heterocycles. The van der Waals surface area contributed by atoms with E-state index in [2.05, 4.69) is 64.9 Å². The molecule has 3 saturated heterocycles. The number of likely N-dealkylation sites (tertiary alicyclic amines) is 2. The van der Waals surface area contributed by atoms with Crippen molar-refractivity contribution in [3.63, 3.8) is 0 Å². The van der Waals surface area contributed by atoms with E-state index in [-0.39, 0.29) is 11.8 Å². The molecule has 2 N–H and O–H groups in total. The SMILES string of the molecule is CC.CC(C)C.CC(C)N1CCN(CCCN2CCC(NC=O)CC2)CC1.COCCCCCN1CCCC(NC(=O)C(C)C)CC1. The summed E-state index contributed by atoms with van der Waals surface area (Å²) >= 11 is 0. The van der Waals surface area contributed by atoms with Crippen molar-refractivity contribution in [2.75, 3.05) is 85.7 Å². The van der Waals surface area contributed by atoms with E-state index >= 15 is 0 Å². The third-order valence-electron chi connectivity index (χ3n) is 8.99. The van der Waals surface area contributed by atoms with Gasteiger partial charge in [0.05, 0.1) is 0 Å². The van der Waals surface area contributed by atoms with Crippen molar-refractivity contribution >= 4 is 12.3 Å². The molecule has 1 unspecified atom stereocenters. The second kappa shape index (κ2) is 29.6. The first kappa shape index (κ1) is 45.7. The number of ether oxygens (including phenoxy) is 1. The van der Waals surface area contributed by atoms with Crippen molar-refractivity contribution in [2.24, 2.45) is 11.8 Å². The van der Waals surface area contributed by atoms with Gasteiger partial charge in [0.15, 0.2) is 0 Å². The number of rotatable bonds is 15. The van der Waals surface area contributed by atoms with Crippen LogP contribution in [0.3, 0.4) is 0 Å². The average molecular weight is 669 g/mol. The zero-order chi connectivity index (χ0) is 35.5. The van der Waals surface area contributed by atoms with Gasteiger partial charge < -0.3 is 30.1 Å². The van der Waals surface area contributed by atoms with Crippen LogP contribution in [0.2, 0.25) is 0 Å². The standard InChI is InChI=1S/C16H32N4O.C16H32N2O2.C4H10.C2H6/c1-15(2)20-12-10-19(11-13-20)7-3-6-18-8-4-16(5-9-18)17-14-21;1-14(2)16(19)17-15-8-7-11-18(12-9-15)10-5-4-6-13-20-3;1-4(2)3;1-2/h14-16H,3-13H2,1-2H3,(H,17,21);14-15H,4-13H2,1-3H3,(H,17,19);4H,1-3H3;1-2H3. The summed E-state index contributed by atoms with van der Waals surface area (Å²) in [4.78, 5) is 32.5. The number of nitrogens with zero attached hydrogens (tertiary/aromatic N) is 4. The van der Waals surface area contributed by atoms with Crippen molar-refractivity contribution in [1.82, 2.24) is 30.2 Å². The predicted molar refractivity (Wildman–Crippen MR) is 201 cm³/mol. The van der Waals surface area contributed by atoms with Crippen molar-refractivity contribution in [1.29, 1.82) is 0 Å². The summed E-state index contributed by atoms with van der Waals surface area (Å²) in [5.41, 5.74) is 0. The van der Waals surface area contributed by atoms with Crippen LogP contribution in [0.25, 0.3) is 0 Å². The fourth-order valence-corrected chi connectivity index (χ4v) is 6.09. The maximum atomic E-state index is 11.7. The van der Waals surface area contributed by atoms with Crippen LogP contribution >= 0.6 is 0 Å². The summed E-state index contributed by atoms with van der Waals surface area (Å²) < 4.78 is 5.07. The van der Waals surface area contributed by atoms with Crippen LogP contribution in [0.4, 0.5) is 0 Å². The monoisotopic (exact) mass is 669 g/mol. The van der Waals surface area contributed by atoms with Crippen LogP contribution in [0.5, 0.6) is 0 Å². The van der Waals surface area contributed by atoms with Crippen molar-refractivity contribution < 1.29 is 14.3 Å². The van der Waals surface area contributed by atoms with Gasteiger partial charge in [-0.15, -0.1) is 0 Å². The maximum Gasteiger partial charge on any atom is 0.222 e. The highest BCUT2D eigenvalue weighted by Gasteiger charge is 2.21. The number of piperazine rings is 1. The molecule has 0 saturated carbocycles. The lowest BCUT2D eigenvalue weighted by Crippen LogP contribution is -2.49. The molecule has 0 aliphatic carbocycles. The molecule has 0 radical (unpaired) electrons. The van der Waals surface area contributed by atoms with E-state index in [1.165, 1.54) is 78.0 Å². The van der Waals surface area contributed by atoms with Crippen LogP contribution < -0.4 is 10.6 Å². The van der Waals surface area contributed by atoms with Crippen LogP contribution in [0.1, 0.15) is 120 Å². The predicted octanol–water partition coefficient (Wildman–Crippen LogP) is 5.73. The molecule has 0 aromatic rings. The molecule has 0 aromatic heterocycles. The van der Waals surface area contributed by atoms with Crippen LogP contribution in [0, 0.1) is 11.8 Å². The highest BCUT2D eigenvalue weighted by Crippen LogP contribution is 2.14. The van der Waals surface area contributed by atoms with Gasteiger partial charge in [-0.1, -0.05) is 48.5 Å². The molecule has 3 fully saturated rings. The van der Waals surface area contributed by atoms with Crippen molar-refractivity contribution in [3.8, 4) is 0 Å². The third kappa shape index (κ3) is 24.5. The molecular weight excluding hydrogens is 588 g/mol. The number of nitrogens with one attached hydrogen (secondary N) is 2. The Hall–Kier alpha value is -1.26. The quantitative estimate of drug-likeness (QED) is 0.171. The van der Waals surface area contributed by atoms with E-state index in [4.69, 9.17) is 4.74 Å².